The van der Waals surface area contributed by atoms with Gasteiger partial charge in [-0.15, -0.1) is 0 Å². The number of para-hydroxylation sites is 1. The Morgan fingerprint density at radius 3 is 2.22 bits per heavy atom. The van der Waals surface area contributed by atoms with Gasteiger partial charge in [0.15, 0.2) is 11.4 Å². The summed E-state index contributed by atoms with van der Waals surface area (Å²) in [6.45, 7) is 4.72. The van der Waals surface area contributed by atoms with E-state index in [2.05, 4.69) is 105 Å². The predicted octanol–water partition coefficient (Wildman–Crippen LogP) is 12.8. The van der Waals surface area contributed by atoms with E-state index in [1.165, 1.54) is 46.2 Å². The molecule has 50 heavy (non-hydrogen) atoms. The summed E-state index contributed by atoms with van der Waals surface area (Å²) in [4.78, 5) is 10.2. The fourth-order valence-electron chi connectivity index (χ4n) is 8.33. The van der Waals surface area contributed by atoms with Crippen molar-refractivity contribution in [1.82, 2.24) is 9.97 Å². The summed E-state index contributed by atoms with van der Waals surface area (Å²) in [5.41, 5.74) is 14.7. The van der Waals surface area contributed by atoms with Crippen molar-refractivity contribution in [2.24, 2.45) is 0 Å². The van der Waals surface area contributed by atoms with E-state index in [0.717, 1.165) is 61.7 Å². The topological polar surface area (TPSA) is 52.1 Å². The minimum absolute atomic E-state index is 0.0454. The zero-order chi connectivity index (χ0) is 33.4. The second-order valence-electron chi connectivity index (χ2n) is 13.8. The molecule has 1 aliphatic carbocycles. The fourth-order valence-corrected chi connectivity index (χ4v) is 8.33. The van der Waals surface area contributed by atoms with Gasteiger partial charge in [0.1, 0.15) is 28.0 Å². The van der Waals surface area contributed by atoms with E-state index >= 15 is 0 Å². The molecule has 0 spiro atoms. The van der Waals surface area contributed by atoms with Crippen LogP contribution in [0.25, 0.3) is 88.9 Å². The molecule has 0 aliphatic heterocycles. The van der Waals surface area contributed by atoms with Gasteiger partial charge in [0, 0.05) is 32.7 Å². The number of hydrogen-bond donors (Lipinski definition) is 0. The molecule has 240 valence electrons. The Hall–Kier alpha value is -6.00. The van der Waals surface area contributed by atoms with E-state index in [-0.39, 0.29) is 5.41 Å². The Balaban J connectivity index is 1.12. The zero-order valence-electron chi connectivity index (χ0n) is 28.0. The molecule has 0 N–H and O–H groups in total. The second kappa shape index (κ2) is 11.0. The molecule has 1 aliphatic rings. The van der Waals surface area contributed by atoms with Gasteiger partial charge < -0.3 is 8.83 Å². The van der Waals surface area contributed by atoms with Gasteiger partial charge in [-0.2, -0.15) is 0 Å². The standard InChI is InChI=1S/C46H34N2O2/c1-3-4-25-46(2)37-19-10-8-15-32(37)34-18-12-17-31(41(34)46)29-21-23-33-36-26-30(22-24-39(36)49-40(33)27-29)45-47-42(28-13-6-5-7-14-28)44-43(48-45)35-16-9-11-20-38(35)50-44/h5-24,26-27H,3-4,25H2,1-2H3. The lowest BCUT2D eigenvalue weighted by Gasteiger charge is -2.29. The third-order valence-corrected chi connectivity index (χ3v) is 10.8. The van der Waals surface area contributed by atoms with Crippen LogP contribution in [0, 0.1) is 0 Å². The molecule has 10 rings (SSSR count). The quantitative estimate of drug-likeness (QED) is 0.180. The smallest absolute Gasteiger partial charge is 0.180 e. The SMILES string of the molecule is CCCCC1(C)c2ccccc2-c2cccc(-c3ccc4c(c3)oc3ccc(-c5nc(-c6ccccc6)c6oc7ccccc7c6n5)cc34)c21. The Morgan fingerprint density at radius 1 is 0.560 bits per heavy atom. The van der Waals surface area contributed by atoms with Crippen LogP contribution in [-0.4, -0.2) is 9.97 Å². The lowest BCUT2D eigenvalue weighted by atomic mass is 9.73. The number of unbranched alkanes of at least 4 members (excludes halogenated alkanes) is 1. The number of rotatable bonds is 6. The number of furan rings is 2. The second-order valence-corrected chi connectivity index (χ2v) is 13.8. The maximum absolute atomic E-state index is 6.56. The lowest BCUT2D eigenvalue weighted by Crippen LogP contribution is -2.21. The Morgan fingerprint density at radius 2 is 1.32 bits per heavy atom. The summed E-state index contributed by atoms with van der Waals surface area (Å²) in [6, 6.07) is 47.0. The first-order valence-corrected chi connectivity index (χ1v) is 17.6. The molecular formula is C46H34N2O2. The van der Waals surface area contributed by atoms with Crippen LogP contribution in [0.2, 0.25) is 0 Å². The third-order valence-electron chi connectivity index (χ3n) is 10.8. The van der Waals surface area contributed by atoms with Crippen LogP contribution in [0.5, 0.6) is 0 Å². The molecule has 6 aromatic carbocycles. The number of hydrogen-bond acceptors (Lipinski definition) is 4. The van der Waals surface area contributed by atoms with Crippen molar-refractivity contribution in [3.8, 4) is 44.9 Å². The molecule has 4 heteroatoms. The van der Waals surface area contributed by atoms with Gasteiger partial charge in [-0.3, -0.25) is 0 Å². The first kappa shape index (κ1) is 29.0. The zero-order valence-corrected chi connectivity index (χ0v) is 28.0. The first-order chi connectivity index (χ1) is 24.6. The van der Waals surface area contributed by atoms with E-state index in [1.807, 2.05) is 42.5 Å². The summed E-state index contributed by atoms with van der Waals surface area (Å²) in [7, 11) is 0. The summed E-state index contributed by atoms with van der Waals surface area (Å²) >= 11 is 0. The molecule has 3 aromatic heterocycles. The van der Waals surface area contributed by atoms with Crippen LogP contribution < -0.4 is 0 Å². The normalized spacial score (nSPS) is 15.3. The molecule has 0 radical (unpaired) electrons. The van der Waals surface area contributed by atoms with E-state index in [9.17, 15) is 0 Å². The summed E-state index contributed by atoms with van der Waals surface area (Å²) in [5, 5.41) is 3.10. The summed E-state index contributed by atoms with van der Waals surface area (Å²) < 4.78 is 12.9. The van der Waals surface area contributed by atoms with E-state index < -0.39 is 0 Å². The summed E-state index contributed by atoms with van der Waals surface area (Å²) in [6.07, 6.45) is 3.48. The van der Waals surface area contributed by atoms with Gasteiger partial charge in [-0.05, 0) is 82.3 Å². The van der Waals surface area contributed by atoms with E-state index in [4.69, 9.17) is 18.8 Å². The van der Waals surface area contributed by atoms with Gasteiger partial charge in [-0.25, -0.2) is 9.97 Å². The number of benzene rings is 6. The average Bonchev–Trinajstić information content (AvgIpc) is 3.81. The minimum Gasteiger partial charge on any atom is -0.456 e. The number of aromatic nitrogens is 2. The van der Waals surface area contributed by atoms with Crippen molar-refractivity contribution in [1.29, 1.82) is 0 Å². The lowest BCUT2D eigenvalue weighted by molar-refractivity contribution is 0.505. The maximum atomic E-state index is 6.56. The van der Waals surface area contributed by atoms with Gasteiger partial charge in [0.05, 0.1) is 0 Å². The molecule has 3 heterocycles. The highest BCUT2D eigenvalue weighted by Crippen LogP contribution is 2.54. The molecule has 4 nitrogen and oxygen atoms in total. The Kier molecular flexibility index (Phi) is 6.38. The van der Waals surface area contributed by atoms with Crippen molar-refractivity contribution < 1.29 is 8.83 Å². The van der Waals surface area contributed by atoms with Crippen molar-refractivity contribution >= 4 is 44.0 Å². The van der Waals surface area contributed by atoms with E-state index in [1.54, 1.807) is 0 Å². The van der Waals surface area contributed by atoms with Crippen molar-refractivity contribution in [3.05, 3.63) is 145 Å². The monoisotopic (exact) mass is 646 g/mol. The summed E-state index contributed by atoms with van der Waals surface area (Å²) in [5.74, 6) is 0.654. The molecule has 0 bridgehead atoms. The van der Waals surface area contributed by atoms with Crippen LogP contribution in [0.15, 0.2) is 142 Å². The van der Waals surface area contributed by atoms with E-state index in [0.29, 0.717) is 11.4 Å². The molecule has 0 saturated heterocycles. The van der Waals surface area contributed by atoms with Gasteiger partial charge in [0.2, 0.25) is 0 Å². The van der Waals surface area contributed by atoms with Crippen LogP contribution >= 0.6 is 0 Å². The Bertz CT molecular complexity index is 2770. The fraction of sp³-hybridized carbons (Fsp3) is 0.130. The molecule has 9 aromatic rings. The highest BCUT2D eigenvalue weighted by Gasteiger charge is 2.40. The van der Waals surface area contributed by atoms with Crippen LogP contribution in [0.4, 0.5) is 0 Å². The van der Waals surface area contributed by atoms with Crippen molar-refractivity contribution in [2.45, 2.75) is 38.5 Å². The molecule has 0 saturated carbocycles. The van der Waals surface area contributed by atoms with Crippen LogP contribution in [0.3, 0.4) is 0 Å². The van der Waals surface area contributed by atoms with Gasteiger partial charge >= 0.3 is 0 Å². The predicted molar refractivity (Wildman–Crippen MR) is 204 cm³/mol. The molecule has 0 amide bonds. The highest BCUT2D eigenvalue weighted by atomic mass is 16.3. The van der Waals surface area contributed by atoms with Gasteiger partial charge in [0.25, 0.3) is 0 Å². The largest absolute Gasteiger partial charge is 0.456 e. The molecule has 1 atom stereocenters. The molecule has 1 unspecified atom stereocenters. The Labute approximate surface area is 290 Å². The first-order valence-electron chi connectivity index (χ1n) is 17.6. The van der Waals surface area contributed by atoms with Gasteiger partial charge in [-0.1, -0.05) is 118 Å². The third kappa shape index (κ3) is 4.24. The number of fused-ring (bicyclic) bond motifs is 9. The van der Waals surface area contributed by atoms with Crippen molar-refractivity contribution in [3.63, 3.8) is 0 Å². The van der Waals surface area contributed by atoms with Crippen LogP contribution in [0.1, 0.15) is 44.2 Å². The molecule has 0 fully saturated rings. The average molecular weight is 647 g/mol. The van der Waals surface area contributed by atoms with Crippen molar-refractivity contribution in [2.75, 3.05) is 0 Å². The maximum Gasteiger partial charge on any atom is 0.180 e. The number of nitrogens with zero attached hydrogens (tertiary/aromatic N) is 2. The molecular weight excluding hydrogens is 613 g/mol. The minimum atomic E-state index is -0.0454. The van der Waals surface area contributed by atoms with Crippen LogP contribution in [-0.2, 0) is 5.41 Å². The highest BCUT2D eigenvalue weighted by molar-refractivity contribution is 6.09.